The van der Waals surface area contributed by atoms with E-state index in [1.807, 2.05) is 39.8 Å². The van der Waals surface area contributed by atoms with Crippen LogP contribution in [0, 0.1) is 5.92 Å². The van der Waals surface area contributed by atoms with Crippen molar-refractivity contribution in [2.75, 3.05) is 13.1 Å². The zero-order valence-corrected chi connectivity index (χ0v) is 14.5. The molecule has 3 amide bonds. The molecule has 0 aliphatic rings. The molecule has 6 nitrogen and oxygen atoms in total. The van der Waals surface area contributed by atoms with Crippen LogP contribution >= 0.6 is 0 Å². The van der Waals surface area contributed by atoms with Crippen LogP contribution in [0.3, 0.4) is 0 Å². The summed E-state index contributed by atoms with van der Waals surface area (Å²) in [7, 11) is 0. The second kappa shape index (κ2) is 9.82. The number of nitrogens with one attached hydrogen (secondary N) is 2. The zero-order valence-electron chi connectivity index (χ0n) is 14.5. The van der Waals surface area contributed by atoms with Crippen molar-refractivity contribution < 1.29 is 9.59 Å². The number of aromatic nitrogens is 1. The summed E-state index contributed by atoms with van der Waals surface area (Å²) < 4.78 is 0. The minimum Gasteiger partial charge on any atom is -0.350 e. The van der Waals surface area contributed by atoms with Gasteiger partial charge in [0, 0.05) is 32.0 Å². The van der Waals surface area contributed by atoms with Crippen LogP contribution in [0.1, 0.15) is 39.7 Å². The van der Waals surface area contributed by atoms with Gasteiger partial charge in [0.2, 0.25) is 5.91 Å². The highest BCUT2D eigenvalue weighted by molar-refractivity contribution is 5.87. The first-order valence-corrected chi connectivity index (χ1v) is 8.19. The van der Waals surface area contributed by atoms with Gasteiger partial charge in [-0.15, -0.1) is 0 Å². The summed E-state index contributed by atoms with van der Waals surface area (Å²) in [6.45, 7) is 9.55. The van der Waals surface area contributed by atoms with Gasteiger partial charge in [0.1, 0.15) is 6.04 Å². The van der Waals surface area contributed by atoms with Gasteiger partial charge in [-0.05, 0) is 37.8 Å². The van der Waals surface area contributed by atoms with E-state index in [2.05, 4.69) is 15.6 Å². The molecule has 1 atom stereocenters. The Labute approximate surface area is 138 Å². The Kier molecular flexibility index (Phi) is 8.08. The molecule has 0 aliphatic heterocycles. The highest BCUT2D eigenvalue weighted by Gasteiger charge is 2.23. The summed E-state index contributed by atoms with van der Waals surface area (Å²) in [6.07, 6.45) is 4.01. The van der Waals surface area contributed by atoms with E-state index in [4.69, 9.17) is 0 Å². The molecule has 0 unspecified atom stereocenters. The molecule has 0 aromatic carbocycles. The number of amides is 3. The number of hydrogen-bond acceptors (Lipinski definition) is 3. The average molecular weight is 320 g/mol. The summed E-state index contributed by atoms with van der Waals surface area (Å²) in [6, 6.07) is 3.01. The summed E-state index contributed by atoms with van der Waals surface area (Å²) >= 11 is 0. The van der Waals surface area contributed by atoms with Crippen molar-refractivity contribution in [2.24, 2.45) is 5.92 Å². The van der Waals surface area contributed by atoms with Gasteiger partial charge in [0.05, 0.1) is 0 Å². The van der Waals surface area contributed by atoms with Gasteiger partial charge in [0.15, 0.2) is 0 Å². The van der Waals surface area contributed by atoms with Crippen LogP contribution in [0.2, 0.25) is 0 Å². The monoisotopic (exact) mass is 320 g/mol. The van der Waals surface area contributed by atoms with Crippen LogP contribution in [0.15, 0.2) is 24.5 Å². The Balaban J connectivity index is 2.65. The van der Waals surface area contributed by atoms with Crippen LogP contribution in [-0.2, 0) is 11.3 Å². The molecule has 1 aromatic rings. The molecule has 1 rings (SSSR count). The minimum atomic E-state index is -0.528. The van der Waals surface area contributed by atoms with E-state index in [0.717, 1.165) is 5.56 Å². The van der Waals surface area contributed by atoms with Crippen molar-refractivity contribution >= 4 is 11.9 Å². The number of nitrogens with zero attached hydrogens (tertiary/aromatic N) is 2. The molecule has 1 aromatic heterocycles. The van der Waals surface area contributed by atoms with Gasteiger partial charge in [-0.1, -0.05) is 19.9 Å². The maximum Gasteiger partial charge on any atom is 0.318 e. The lowest BCUT2D eigenvalue weighted by atomic mass is 10.0. The van der Waals surface area contributed by atoms with E-state index in [0.29, 0.717) is 32.0 Å². The van der Waals surface area contributed by atoms with E-state index in [-0.39, 0.29) is 11.9 Å². The van der Waals surface area contributed by atoms with E-state index < -0.39 is 6.04 Å². The fourth-order valence-corrected chi connectivity index (χ4v) is 2.27. The zero-order chi connectivity index (χ0) is 17.2. The third-order valence-electron chi connectivity index (χ3n) is 3.56. The van der Waals surface area contributed by atoms with Crippen molar-refractivity contribution in [1.29, 1.82) is 0 Å². The average Bonchev–Trinajstić information content (AvgIpc) is 2.53. The summed E-state index contributed by atoms with van der Waals surface area (Å²) in [4.78, 5) is 30.3. The van der Waals surface area contributed by atoms with Crippen LogP contribution in [0.4, 0.5) is 4.79 Å². The maximum atomic E-state index is 12.4. The number of carbonyl (C=O) groups is 2. The van der Waals surface area contributed by atoms with Gasteiger partial charge in [0.25, 0.3) is 0 Å². The first kappa shape index (κ1) is 18.9. The van der Waals surface area contributed by atoms with Crippen molar-refractivity contribution in [1.82, 2.24) is 20.5 Å². The predicted octanol–water partition coefficient (Wildman–Crippen LogP) is 2.16. The first-order valence-electron chi connectivity index (χ1n) is 8.19. The van der Waals surface area contributed by atoms with Crippen molar-refractivity contribution in [3.8, 4) is 0 Å². The third kappa shape index (κ3) is 6.67. The maximum absolute atomic E-state index is 12.4. The van der Waals surface area contributed by atoms with Gasteiger partial charge in [-0.3, -0.25) is 9.78 Å². The molecule has 0 spiro atoms. The number of hydrogen-bond donors (Lipinski definition) is 2. The molecule has 0 fully saturated rings. The van der Waals surface area contributed by atoms with E-state index in [1.54, 1.807) is 17.3 Å². The Morgan fingerprint density at radius 2 is 1.96 bits per heavy atom. The van der Waals surface area contributed by atoms with Gasteiger partial charge in [-0.2, -0.15) is 0 Å². The lowest BCUT2D eigenvalue weighted by Gasteiger charge is -2.25. The second-order valence-electron chi connectivity index (χ2n) is 5.88. The van der Waals surface area contributed by atoms with Gasteiger partial charge in [-0.25, -0.2) is 4.79 Å². The largest absolute Gasteiger partial charge is 0.350 e. The highest BCUT2D eigenvalue weighted by Crippen LogP contribution is 2.06. The standard InChI is InChI=1S/C17H28N4O2/c1-5-21(6-2)17(23)20-15(10-13(3)4)16(22)19-12-14-8-7-9-18-11-14/h7-9,11,13,15H,5-6,10,12H2,1-4H3,(H,19,22)(H,20,23)/t15-/m0/s1. The molecule has 2 N–H and O–H groups in total. The Morgan fingerprint density at radius 3 is 2.48 bits per heavy atom. The lowest BCUT2D eigenvalue weighted by Crippen LogP contribution is -2.51. The molecule has 1 heterocycles. The quantitative estimate of drug-likeness (QED) is 0.771. The Morgan fingerprint density at radius 1 is 1.26 bits per heavy atom. The second-order valence-corrected chi connectivity index (χ2v) is 5.88. The predicted molar refractivity (Wildman–Crippen MR) is 90.8 cm³/mol. The van der Waals surface area contributed by atoms with Crippen molar-refractivity contribution in [2.45, 2.75) is 46.7 Å². The highest BCUT2D eigenvalue weighted by atomic mass is 16.2. The summed E-state index contributed by atoms with van der Waals surface area (Å²) in [5.41, 5.74) is 0.930. The minimum absolute atomic E-state index is 0.164. The lowest BCUT2D eigenvalue weighted by molar-refractivity contribution is -0.123. The van der Waals surface area contributed by atoms with Gasteiger partial charge >= 0.3 is 6.03 Å². The van der Waals surface area contributed by atoms with E-state index in [1.165, 1.54) is 0 Å². The number of urea groups is 1. The SMILES string of the molecule is CCN(CC)C(=O)N[C@@H](CC(C)C)C(=O)NCc1cccnc1. The summed E-state index contributed by atoms with van der Waals surface area (Å²) in [5.74, 6) is 0.143. The van der Waals surface area contributed by atoms with E-state index >= 15 is 0 Å². The first-order chi connectivity index (χ1) is 11.0. The molecular formula is C17H28N4O2. The van der Waals surface area contributed by atoms with Crippen LogP contribution in [0.5, 0.6) is 0 Å². The van der Waals surface area contributed by atoms with Crippen LogP contribution in [-0.4, -0.2) is 41.0 Å². The van der Waals surface area contributed by atoms with E-state index in [9.17, 15) is 9.59 Å². The molecule has 6 heteroatoms. The Bertz CT molecular complexity index is 487. The normalized spacial score (nSPS) is 11.9. The molecule has 0 saturated heterocycles. The number of carbonyl (C=O) groups excluding carboxylic acids is 2. The molecule has 128 valence electrons. The molecule has 0 bridgehead atoms. The molecule has 23 heavy (non-hydrogen) atoms. The van der Waals surface area contributed by atoms with Crippen LogP contribution < -0.4 is 10.6 Å². The molecule has 0 saturated carbocycles. The number of pyridine rings is 1. The molecule has 0 aliphatic carbocycles. The smallest absolute Gasteiger partial charge is 0.318 e. The summed E-state index contributed by atoms with van der Waals surface area (Å²) in [5, 5.41) is 5.72. The Hall–Kier alpha value is -2.11. The molecule has 0 radical (unpaired) electrons. The fourth-order valence-electron chi connectivity index (χ4n) is 2.27. The fraction of sp³-hybridized carbons (Fsp3) is 0.588. The van der Waals surface area contributed by atoms with Crippen molar-refractivity contribution in [3.63, 3.8) is 0 Å². The third-order valence-corrected chi connectivity index (χ3v) is 3.56. The van der Waals surface area contributed by atoms with Crippen molar-refractivity contribution in [3.05, 3.63) is 30.1 Å². The topological polar surface area (TPSA) is 74.3 Å². The number of rotatable bonds is 8. The van der Waals surface area contributed by atoms with Crippen LogP contribution in [0.25, 0.3) is 0 Å². The molecular weight excluding hydrogens is 292 g/mol. The van der Waals surface area contributed by atoms with Gasteiger partial charge < -0.3 is 15.5 Å².